The molecule has 3 aliphatic rings. The van der Waals surface area contributed by atoms with Crippen LogP contribution in [0.3, 0.4) is 0 Å². The Bertz CT molecular complexity index is 716. The van der Waals surface area contributed by atoms with Crippen molar-refractivity contribution in [2.75, 3.05) is 18.4 Å². The number of hydrogen-bond acceptors (Lipinski definition) is 4. The largest absolute Gasteiger partial charge is 0.362 e. The average Bonchev–Trinajstić information content (AvgIpc) is 2.91. The minimum absolute atomic E-state index is 0.0790. The molecule has 1 aromatic carbocycles. The van der Waals surface area contributed by atoms with Gasteiger partial charge < -0.3 is 9.84 Å². The van der Waals surface area contributed by atoms with Crippen molar-refractivity contribution in [1.82, 2.24) is 10.1 Å². The monoisotopic (exact) mass is 303 g/mol. The molecule has 1 N–H and O–H groups in total. The van der Waals surface area contributed by atoms with E-state index in [1.54, 1.807) is 13.0 Å². The van der Waals surface area contributed by atoms with Gasteiger partial charge in [-0.1, -0.05) is 11.2 Å². The molecule has 1 atom stereocenters. The third-order valence-corrected chi connectivity index (χ3v) is 5.65. The average molecular weight is 303 g/mol. The number of rotatable bonds is 2. The summed E-state index contributed by atoms with van der Waals surface area (Å²) in [4.78, 5) is 2.54. The van der Waals surface area contributed by atoms with Gasteiger partial charge in [-0.05, 0) is 64.3 Å². The fourth-order valence-corrected chi connectivity index (χ4v) is 4.20. The summed E-state index contributed by atoms with van der Waals surface area (Å²) in [7, 11) is 0. The Labute approximate surface area is 129 Å². The van der Waals surface area contributed by atoms with Crippen LogP contribution in [0.5, 0.6) is 0 Å². The van der Waals surface area contributed by atoms with Crippen LogP contribution in [0.25, 0.3) is 11.0 Å². The molecule has 5 heteroatoms. The quantitative estimate of drug-likeness (QED) is 0.921. The Kier molecular flexibility index (Phi) is 2.98. The predicted octanol–water partition coefficient (Wildman–Crippen LogP) is 3.56. The molecule has 3 fully saturated rings. The van der Waals surface area contributed by atoms with E-state index in [1.807, 2.05) is 6.07 Å². The standard InChI is InChI=1S/C17H22FN3O/c1-10-4-5-12-14(13(10)18)22-20-16(12)19-15-11-6-8-21(9-7-11)17(15,2)3/h4-5,11,15H,6-9H2,1-3H3,(H,19,20). The van der Waals surface area contributed by atoms with E-state index in [0.717, 1.165) is 5.39 Å². The van der Waals surface area contributed by atoms with E-state index < -0.39 is 0 Å². The van der Waals surface area contributed by atoms with Crippen LogP contribution in [0, 0.1) is 18.7 Å². The zero-order valence-corrected chi connectivity index (χ0v) is 13.3. The number of aryl methyl sites for hydroxylation is 1. The Balaban J connectivity index is 1.70. The molecule has 22 heavy (non-hydrogen) atoms. The molecular formula is C17H22FN3O. The number of piperidine rings is 3. The summed E-state index contributed by atoms with van der Waals surface area (Å²) in [6.07, 6.45) is 2.43. The molecule has 0 saturated carbocycles. The molecule has 4 heterocycles. The van der Waals surface area contributed by atoms with Gasteiger partial charge in [-0.15, -0.1) is 0 Å². The highest BCUT2D eigenvalue weighted by molar-refractivity contribution is 5.89. The lowest BCUT2D eigenvalue weighted by Gasteiger charge is -2.56. The smallest absolute Gasteiger partial charge is 0.204 e. The van der Waals surface area contributed by atoms with Crippen LogP contribution < -0.4 is 5.32 Å². The summed E-state index contributed by atoms with van der Waals surface area (Å²) in [5.41, 5.74) is 0.912. The lowest BCUT2D eigenvalue weighted by Crippen LogP contribution is -2.66. The van der Waals surface area contributed by atoms with Crippen molar-refractivity contribution >= 4 is 16.8 Å². The Morgan fingerprint density at radius 1 is 1.32 bits per heavy atom. The lowest BCUT2D eigenvalue weighted by atomic mass is 9.72. The first-order valence-corrected chi connectivity index (χ1v) is 8.04. The van der Waals surface area contributed by atoms with Crippen LogP contribution >= 0.6 is 0 Å². The van der Waals surface area contributed by atoms with Gasteiger partial charge in [-0.2, -0.15) is 0 Å². The van der Waals surface area contributed by atoms with E-state index >= 15 is 0 Å². The van der Waals surface area contributed by atoms with Gasteiger partial charge in [0.2, 0.25) is 5.58 Å². The Hall–Kier alpha value is -1.62. The second-order valence-electron chi connectivity index (χ2n) is 7.20. The second-order valence-corrected chi connectivity index (χ2v) is 7.20. The van der Waals surface area contributed by atoms with Gasteiger partial charge in [-0.25, -0.2) is 4.39 Å². The van der Waals surface area contributed by atoms with Crippen molar-refractivity contribution in [3.8, 4) is 0 Å². The van der Waals surface area contributed by atoms with E-state index in [9.17, 15) is 4.39 Å². The first-order chi connectivity index (χ1) is 10.5. The van der Waals surface area contributed by atoms with E-state index in [1.165, 1.54) is 25.9 Å². The van der Waals surface area contributed by atoms with E-state index in [0.29, 0.717) is 23.3 Å². The van der Waals surface area contributed by atoms with Gasteiger partial charge in [-0.3, -0.25) is 4.90 Å². The maximum absolute atomic E-state index is 14.1. The van der Waals surface area contributed by atoms with E-state index in [4.69, 9.17) is 4.52 Å². The van der Waals surface area contributed by atoms with E-state index in [-0.39, 0.29) is 16.9 Å². The molecule has 3 saturated heterocycles. The highest BCUT2D eigenvalue weighted by Crippen LogP contribution is 2.41. The molecule has 0 aliphatic carbocycles. The van der Waals surface area contributed by atoms with Gasteiger partial charge in [0.15, 0.2) is 11.6 Å². The molecule has 118 valence electrons. The van der Waals surface area contributed by atoms with Crippen LogP contribution in [0.1, 0.15) is 32.3 Å². The maximum atomic E-state index is 14.1. The van der Waals surface area contributed by atoms with E-state index in [2.05, 4.69) is 29.2 Å². The first-order valence-electron chi connectivity index (χ1n) is 8.04. The zero-order valence-electron chi connectivity index (χ0n) is 13.3. The number of aromatic nitrogens is 1. The normalized spacial score (nSPS) is 29.9. The third-order valence-electron chi connectivity index (χ3n) is 5.65. The fourth-order valence-electron chi connectivity index (χ4n) is 4.20. The molecule has 4 nitrogen and oxygen atoms in total. The highest BCUT2D eigenvalue weighted by Gasteiger charge is 2.47. The fraction of sp³-hybridized carbons (Fsp3) is 0.588. The van der Waals surface area contributed by atoms with Crippen LogP contribution in [-0.4, -0.2) is 34.7 Å². The number of hydrogen-bond donors (Lipinski definition) is 1. The molecule has 0 amide bonds. The molecular weight excluding hydrogens is 281 g/mol. The summed E-state index contributed by atoms with van der Waals surface area (Å²) in [5.74, 6) is 0.994. The summed E-state index contributed by atoms with van der Waals surface area (Å²) >= 11 is 0. The van der Waals surface area contributed by atoms with Crippen molar-refractivity contribution in [3.05, 3.63) is 23.5 Å². The number of nitrogens with one attached hydrogen (secondary N) is 1. The molecule has 0 spiro atoms. The summed E-state index contributed by atoms with van der Waals surface area (Å²) in [6.45, 7) is 8.64. The van der Waals surface area contributed by atoms with Crippen molar-refractivity contribution in [2.24, 2.45) is 5.92 Å². The van der Waals surface area contributed by atoms with Crippen LogP contribution in [0.2, 0.25) is 0 Å². The summed E-state index contributed by atoms with van der Waals surface area (Å²) in [5, 5.41) is 8.39. The van der Waals surface area contributed by atoms with Crippen LogP contribution in [0.15, 0.2) is 16.7 Å². The first kappa shape index (κ1) is 14.0. The molecule has 2 bridgehead atoms. The number of nitrogens with zero attached hydrogens (tertiary/aromatic N) is 2. The van der Waals surface area contributed by atoms with Gasteiger partial charge in [0, 0.05) is 11.6 Å². The summed E-state index contributed by atoms with van der Waals surface area (Å²) < 4.78 is 19.4. The highest BCUT2D eigenvalue weighted by atomic mass is 19.1. The topological polar surface area (TPSA) is 41.3 Å². The minimum Gasteiger partial charge on any atom is -0.362 e. The number of fused-ring (bicyclic) bond motifs is 4. The van der Waals surface area contributed by atoms with Gasteiger partial charge >= 0.3 is 0 Å². The predicted molar refractivity (Wildman–Crippen MR) is 84.5 cm³/mol. The zero-order chi connectivity index (χ0) is 15.5. The van der Waals surface area contributed by atoms with Crippen LogP contribution in [0.4, 0.5) is 10.2 Å². The van der Waals surface area contributed by atoms with Gasteiger partial charge in [0.1, 0.15) is 0 Å². The number of anilines is 1. The minimum atomic E-state index is -0.314. The van der Waals surface area contributed by atoms with Crippen molar-refractivity contribution in [3.63, 3.8) is 0 Å². The Morgan fingerprint density at radius 3 is 2.73 bits per heavy atom. The molecule has 1 unspecified atom stereocenters. The second kappa shape index (κ2) is 4.69. The van der Waals surface area contributed by atoms with Crippen molar-refractivity contribution in [2.45, 2.75) is 45.2 Å². The molecule has 1 aromatic heterocycles. The third kappa shape index (κ3) is 1.88. The number of halogens is 1. The van der Waals surface area contributed by atoms with Gasteiger partial charge in [0.25, 0.3) is 0 Å². The molecule has 3 aliphatic heterocycles. The number of benzene rings is 1. The lowest BCUT2D eigenvalue weighted by molar-refractivity contribution is -0.0189. The molecule has 5 rings (SSSR count). The SMILES string of the molecule is Cc1ccc2c(NC3C4CCN(CC4)C3(C)C)noc2c1F. The van der Waals surface area contributed by atoms with Crippen molar-refractivity contribution < 1.29 is 8.91 Å². The summed E-state index contributed by atoms with van der Waals surface area (Å²) in [6, 6.07) is 3.98. The molecule has 2 aromatic rings. The van der Waals surface area contributed by atoms with Crippen molar-refractivity contribution in [1.29, 1.82) is 0 Å². The molecule has 0 radical (unpaired) electrons. The Morgan fingerprint density at radius 2 is 2.05 bits per heavy atom. The maximum Gasteiger partial charge on any atom is 0.204 e. The van der Waals surface area contributed by atoms with Gasteiger partial charge in [0.05, 0.1) is 5.39 Å². The van der Waals surface area contributed by atoms with Crippen LogP contribution in [-0.2, 0) is 0 Å².